The topological polar surface area (TPSA) is 96.3 Å². The molecular formula is C17H33NO6. The third-order valence-corrected chi connectivity index (χ3v) is 3.55. The average Bonchev–Trinajstić information content (AvgIpc) is 2.55. The molecular weight excluding hydrogens is 314 g/mol. The Kier molecular flexibility index (Phi) is 15.9. The largest absolute Gasteiger partial charge is 0.464 e. The summed E-state index contributed by atoms with van der Waals surface area (Å²) < 4.78 is 10.3. The number of carbonyl (C=O) groups is 2. The van der Waals surface area contributed by atoms with Crippen molar-refractivity contribution >= 4 is 11.9 Å². The van der Waals surface area contributed by atoms with Crippen LogP contribution < -0.4 is 0 Å². The molecule has 0 aliphatic carbocycles. The van der Waals surface area contributed by atoms with Gasteiger partial charge in [0.2, 0.25) is 0 Å². The highest BCUT2D eigenvalue weighted by Crippen LogP contribution is 2.02. The van der Waals surface area contributed by atoms with Crippen molar-refractivity contribution in [3.8, 4) is 0 Å². The van der Waals surface area contributed by atoms with Gasteiger partial charge in [-0.15, -0.1) is 0 Å². The number of likely N-dealkylation sites (N-methyl/N-ethyl adjacent to an activating group) is 1. The van der Waals surface area contributed by atoms with Crippen molar-refractivity contribution in [2.45, 2.75) is 51.4 Å². The second-order valence-electron chi connectivity index (χ2n) is 5.81. The molecule has 0 saturated carbocycles. The molecule has 0 aliphatic heterocycles. The smallest absolute Gasteiger partial charge is 0.305 e. The van der Waals surface area contributed by atoms with Crippen molar-refractivity contribution in [1.82, 2.24) is 4.90 Å². The van der Waals surface area contributed by atoms with Gasteiger partial charge in [-0.3, -0.25) is 14.5 Å². The molecule has 0 spiro atoms. The number of carbonyl (C=O) groups excluding carboxylic acids is 2. The molecule has 0 atom stereocenters. The molecule has 142 valence electrons. The zero-order valence-corrected chi connectivity index (χ0v) is 14.9. The molecule has 0 unspecified atom stereocenters. The second-order valence-corrected chi connectivity index (χ2v) is 5.81. The minimum atomic E-state index is -0.212. The molecule has 0 rings (SSSR count). The summed E-state index contributed by atoms with van der Waals surface area (Å²) in [5, 5.41) is 17.3. The molecule has 0 aromatic heterocycles. The van der Waals surface area contributed by atoms with Crippen LogP contribution >= 0.6 is 0 Å². The molecule has 0 aliphatic rings. The lowest BCUT2D eigenvalue weighted by molar-refractivity contribution is -0.144. The fourth-order valence-electron chi connectivity index (χ4n) is 2.00. The van der Waals surface area contributed by atoms with Crippen LogP contribution in [0.4, 0.5) is 0 Å². The van der Waals surface area contributed by atoms with Gasteiger partial charge in [-0.2, -0.15) is 0 Å². The third kappa shape index (κ3) is 15.7. The Morgan fingerprint density at radius 3 is 1.54 bits per heavy atom. The minimum Gasteiger partial charge on any atom is -0.464 e. The third-order valence-electron chi connectivity index (χ3n) is 3.55. The van der Waals surface area contributed by atoms with Crippen LogP contribution in [0.3, 0.4) is 0 Å². The Morgan fingerprint density at radius 2 is 1.17 bits per heavy atom. The zero-order chi connectivity index (χ0) is 18.0. The van der Waals surface area contributed by atoms with Crippen molar-refractivity contribution in [1.29, 1.82) is 0 Å². The van der Waals surface area contributed by atoms with Gasteiger partial charge in [0.05, 0.1) is 0 Å². The van der Waals surface area contributed by atoms with E-state index in [1.54, 1.807) is 0 Å². The quantitative estimate of drug-likeness (QED) is 0.319. The highest BCUT2D eigenvalue weighted by molar-refractivity contribution is 5.69. The number of nitrogens with zero attached hydrogens (tertiary/aromatic N) is 1. The zero-order valence-electron chi connectivity index (χ0n) is 14.9. The van der Waals surface area contributed by atoms with E-state index < -0.39 is 0 Å². The first-order valence-electron chi connectivity index (χ1n) is 8.81. The Balaban J connectivity index is 3.47. The molecule has 0 bridgehead atoms. The van der Waals surface area contributed by atoms with Gasteiger partial charge in [-0.1, -0.05) is 12.8 Å². The summed E-state index contributed by atoms with van der Waals surface area (Å²) in [5.74, 6) is -0.425. The first-order chi connectivity index (χ1) is 11.6. The Hall–Kier alpha value is -1.18. The molecule has 2 N–H and O–H groups in total. The van der Waals surface area contributed by atoms with E-state index in [2.05, 4.69) is 0 Å². The van der Waals surface area contributed by atoms with Crippen molar-refractivity contribution in [3.05, 3.63) is 0 Å². The molecule has 0 radical (unpaired) electrons. The minimum absolute atomic E-state index is 0.160. The predicted molar refractivity (Wildman–Crippen MR) is 90.5 cm³/mol. The highest BCUT2D eigenvalue weighted by atomic mass is 16.5. The maximum absolute atomic E-state index is 11.4. The highest BCUT2D eigenvalue weighted by Gasteiger charge is 2.06. The number of esters is 2. The number of hydrogen-bond donors (Lipinski definition) is 2. The lowest BCUT2D eigenvalue weighted by Gasteiger charge is -2.16. The lowest BCUT2D eigenvalue weighted by Crippen LogP contribution is -2.28. The summed E-state index contributed by atoms with van der Waals surface area (Å²) in [6, 6.07) is 0. The van der Waals surface area contributed by atoms with Gasteiger partial charge < -0.3 is 19.7 Å². The number of hydrogen-bond acceptors (Lipinski definition) is 7. The van der Waals surface area contributed by atoms with Crippen molar-refractivity contribution in [2.75, 3.05) is 46.6 Å². The standard InChI is InChI=1S/C17H33NO6/c1-18(10-14-23-16(21)8-4-2-6-12-19)11-15-24-17(22)9-5-3-7-13-20/h19-20H,2-15H2,1H3. The summed E-state index contributed by atoms with van der Waals surface area (Å²) in [6.07, 6.45) is 5.35. The van der Waals surface area contributed by atoms with E-state index in [0.717, 1.165) is 38.5 Å². The maximum atomic E-state index is 11.4. The van der Waals surface area contributed by atoms with Crippen molar-refractivity contribution < 1.29 is 29.3 Å². The van der Waals surface area contributed by atoms with E-state index in [-0.39, 0.29) is 25.2 Å². The van der Waals surface area contributed by atoms with Crippen LogP contribution in [0.5, 0.6) is 0 Å². The van der Waals surface area contributed by atoms with Crippen LogP contribution in [0.15, 0.2) is 0 Å². The van der Waals surface area contributed by atoms with Crippen LogP contribution in [0.2, 0.25) is 0 Å². The SMILES string of the molecule is CN(CCOC(=O)CCCCCO)CCOC(=O)CCCCCO. The van der Waals surface area contributed by atoms with Crippen LogP contribution in [0.25, 0.3) is 0 Å². The number of unbranched alkanes of at least 4 members (excludes halogenated alkanes) is 4. The second kappa shape index (κ2) is 16.7. The molecule has 0 aromatic carbocycles. The van der Waals surface area contributed by atoms with Gasteiger partial charge in [0.15, 0.2) is 0 Å². The fraction of sp³-hybridized carbons (Fsp3) is 0.882. The Bertz CT molecular complexity index is 294. The van der Waals surface area contributed by atoms with Crippen LogP contribution in [-0.4, -0.2) is 73.6 Å². The molecule has 7 heteroatoms. The molecule has 0 amide bonds. The summed E-state index contributed by atoms with van der Waals surface area (Å²) in [4.78, 5) is 24.8. The monoisotopic (exact) mass is 347 g/mol. The molecule has 7 nitrogen and oxygen atoms in total. The molecule has 0 fully saturated rings. The Labute approximate surface area is 144 Å². The van der Waals surface area contributed by atoms with E-state index >= 15 is 0 Å². The molecule has 0 heterocycles. The summed E-state index contributed by atoms with van der Waals surface area (Å²) in [7, 11) is 1.88. The van der Waals surface area contributed by atoms with Gasteiger partial charge in [-0.25, -0.2) is 0 Å². The van der Waals surface area contributed by atoms with E-state index in [9.17, 15) is 9.59 Å². The van der Waals surface area contributed by atoms with E-state index in [1.165, 1.54) is 0 Å². The number of rotatable bonds is 16. The van der Waals surface area contributed by atoms with Gasteiger partial charge >= 0.3 is 11.9 Å². The number of aliphatic hydroxyl groups is 2. The van der Waals surface area contributed by atoms with Crippen LogP contribution in [0.1, 0.15) is 51.4 Å². The summed E-state index contributed by atoms with van der Waals surface area (Å²) in [5.41, 5.74) is 0. The predicted octanol–water partition coefficient (Wildman–Crippen LogP) is 1.11. The summed E-state index contributed by atoms with van der Waals surface area (Å²) in [6.45, 7) is 2.15. The van der Waals surface area contributed by atoms with Crippen LogP contribution in [-0.2, 0) is 19.1 Å². The molecule has 0 aromatic rings. The fourth-order valence-corrected chi connectivity index (χ4v) is 2.00. The van der Waals surface area contributed by atoms with Crippen molar-refractivity contribution in [2.24, 2.45) is 0 Å². The number of ether oxygens (including phenoxy) is 2. The van der Waals surface area contributed by atoms with E-state index in [0.29, 0.717) is 39.1 Å². The molecule has 0 saturated heterocycles. The maximum Gasteiger partial charge on any atom is 0.305 e. The van der Waals surface area contributed by atoms with E-state index in [1.807, 2.05) is 11.9 Å². The van der Waals surface area contributed by atoms with E-state index in [4.69, 9.17) is 19.7 Å². The van der Waals surface area contributed by atoms with Crippen molar-refractivity contribution in [3.63, 3.8) is 0 Å². The lowest BCUT2D eigenvalue weighted by atomic mass is 10.2. The van der Waals surface area contributed by atoms with Gasteiger partial charge in [-0.05, 0) is 32.7 Å². The molecule has 24 heavy (non-hydrogen) atoms. The van der Waals surface area contributed by atoms with Gasteiger partial charge in [0.25, 0.3) is 0 Å². The summed E-state index contributed by atoms with van der Waals surface area (Å²) >= 11 is 0. The van der Waals surface area contributed by atoms with Crippen LogP contribution in [0, 0.1) is 0 Å². The van der Waals surface area contributed by atoms with Gasteiger partial charge in [0.1, 0.15) is 13.2 Å². The normalized spacial score (nSPS) is 10.8. The Morgan fingerprint density at radius 1 is 0.750 bits per heavy atom. The van der Waals surface area contributed by atoms with Gasteiger partial charge in [0, 0.05) is 39.1 Å². The number of aliphatic hydroxyl groups excluding tert-OH is 2. The first-order valence-corrected chi connectivity index (χ1v) is 8.81. The first kappa shape index (κ1) is 22.8. The average molecular weight is 347 g/mol.